The van der Waals surface area contributed by atoms with Crippen LogP contribution in [-0.4, -0.2) is 21.7 Å². The van der Waals surface area contributed by atoms with Crippen molar-refractivity contribution in [2.75, 3.05) is 0 Å². The van der Waals surface area contributed by atoms with Crippen LogP contribution in [0, 0.1) is 6.92 Å². The number of carbonyl (C=O) groups excluding carboxylic acids is 2. The van der Waals surface area contributed by atoms with E-state index >= 15 is 0 Å². The highest BCUT2D eigenvalue weighted by molar-refractivity contribution is 7.09. The van der Waals surface area contributed by atoms with Gasteiger partial charge in [0.1, 0.15) is 5.76 Å². The zero-order valence-corrected chi connectivity index (χ0v) is 19.6. The maximum absolute atomic E-state index is 13.2. The minimum atomic E-state index is -0.645. The summed E-state index contributed by atoms with van der Waals surface area (Å²) in [4.78, 5) is 28.9. The van der Waals surface area contributed by atoms with Gasteiger partial charge >= 0.3 is 0 Å². The number of aryl methyl sites for hydroxylation is 1. The van der Waals surface area contributed by atoms with Crippen LogP contribution >= 0.6 is 11.3 Å². The summed E-state index contributed by atoms with van der Waals surface area (Å²) in [6.45, 7) is 8.53. The third-order valence-corrected chi connectivity index (χ3v) is 6.78. The zero-order valence-electron chi connectivity index (χ0n) is 18.8. The number of hydrogen-bond donors (Lipinski definition) is 1. The van der Waals surface area contributed by atoms with E-state index < -0.39 is 17.7 Å². The van der Waals surface area contributed by atoms with Crippen LogP contribution in [-0.2, 0) is 21.5 Å². The predicted molar refractivity (Wildman–Crippen MR) is 128 cm³/mol. The van der Waals surface area contributed by atoms with Crippen molar-refractivity contribution in [1.29, 1.82) is 0 Å². The fourth-order valence-corrected chi connectivity index (χ4v) is 4.79. The van der Waals surface area contributed by atoms with Gasteiger partial charge in [0.25, 0.3) is 11.7 Å². The van der Waals surface area contributed by atoms with E-state index in [-0.39, 0.29) is 16.7 Å². The van der Waals surface area contributed by atoms with Gasteiger partial charge in [-0.2, -0.15) is 0 Å². The van der Waals surface area contributed by atoms with Crippen molar-refractivity contribution in [2.45, 2.75) is 45.7 Å². The first-order valence-corrected chi connectivity index (χ1v) is 11.5. The van der Waals surface area contributed by atoms with E-state index in [0.717, 1.165) is 21.6 Å². The van der Waals surface area contributed by atoms with E-state index in [1.807, 2.05) is 73.0 Å². The number of rotatable bonds is 4. The molecule has 0 saturated carbocycles. The second-order valence-corrected chi connectivity index (χ2v) is 10.2. The Hall–Kier alpha value is -3.18. The first-order chi connectivity index (χ1) is 15.2. The van der Waals surface area contributed by atoms with Crippen LogP contribution in [0.4, 0.5) is 0 Å². The summed E-state index contributed by atoms with van der Waals surface area (Å²) in [5.74, 6) is -1.35. The number of aliphatic hydroxyl groups excluding tert-OH is 1. The minimum absolute atomic E-state index is 0.116. The third-order valence-electron chi connectivity index (χ3n) is 5.92. The Kier molecular flexibility index (Phi) is 5.78. The van der Waals surface area contributed by atoms with Crippen molar-refractivity contribution in [1.82, 2.24) is 4.90 Å². The largest absolute Gasteiger partial charge is 0.507 e. The summed E-state index contributed by atoms with van der Waals surface area (Å²) in [7, 11) is 0. The summed E-state index contributed by atoms with van der Waals surface area (Å²) in [5, 5.41) is 13.4. The van der Waals surface area contributed by atoms with Crippen molar-refractivity contribution in [2.24, 2.45) is 0 Å². The van der Waals surface area contributed by atoms with Gasteiger partial charge in [0, 0.05) is 10.4 Å². The third kappa shape index (κ3) is 4.00. The Morgan fingerprint density at radius 2 is 1.75 bits per heavy atom. The Morgan fingerprint density at radius 3 is 2.38 bits per heavy atom. The lowest BCUT2D eigenvalue weighted by Crippen LogP contribution is -2.28. The Labute approximate surface area is 192 Å². The van der Waals surface area contributed by atoms with Gasteiger partial charge in [0.05, 0.1) is 18.2 Å². The Bertz CT molecular complexity index is 1190. The van der Waals surface area contributed by atoms with Gasteiger partial charge in [-0.15, -0.1) is 11.3 Å². The number of nitrogens with zero attached hydrogens (tertiary/aromatic N) is 1. The summed E-state index contributed by atoms with van der Waals surface area (Å²) in [6.07, 6.45) is 0. The molecular formula is C27H27NO3S. The molecular weight excluding hydrogens is 418 g/mol. The van der Waals surface area contributed by atoms with Crippen LogP contribution in [0.2, 0.25) is 0 Å². The minimum Gasteiger partial charge on any atom is -0.507 e. The SMILES string of the molecule is Cc1ccc(C(C)(C)C)cc1/C(O)=C1\C(=O)C(=O)N(Cc2cccs2)C1c1ccccc1. The lowest BCUT2D eigenvalue weighted by molar-refractivity contribution is -0.140. The van der Waals surface area contributed by atoms with Crippen LogP contribution in [0.3, 0.4) is 0 Å². The summed E-state index contributed by atoms with van der Waals surface area (Å²) < 4.78 is 0. The van der Waals surface area contributed by atoms with E-state index in [0.29, 0.717) is 12.1 Å². The van der Waals surface area contributed by atoms with Crippen molar-refractivity contribution in [3.8, 4) is 0 Å². The molecule has 1 unspecified atom stereocenters. The lowest BCUT2D eigenvalue weighted by Gasteiger charge is -2.25. The molecule has 4 rings (SSSR count). The monoisotopic (exact) mass is 445 g/mol. The number of thiophene rings is 1. The van der Waals surface area contributed by atoms with Crippen LogP contribution in [0.25, 0.3) is 5.76 Å². The maximum Gasteiger partial charge on any atom is 0.295 e. The van der Waals surface area contributed by atoms with Crippen LogP contribution in [0.5, 0.6) is 0 Å². The molecule has 1 aliphatic rings. The number of benzene rings is 2. The molecule has 5 heteroatoms. The predicted octanol–water partition coefficient (Wildman–Crippen LogP) is 5.98. The van der Waals surface area contributed by atoms with Gasteiger partial charge in [-0.1, -0.05) is 69.3 Å². The number of amides is 1. The average Bonchev–Trinajstić information content (AvgIpc) is 3.36. The standard InChI is InChI=1S/C27H27NO3S/c1-17-12-13-19(27(2,3)4)15-21(17)24(29)22-23(18-9-6-5-7-10-18)28(26(31)25(22)30)16-20-11-8-14-32-20/h5-15,23,29H,16H2,1-4H3/b24-22+. The summed E-state index contributed by atoms with van der Waals surface area (Å²) in [6, 6.07) is 18.6. The molecule has 0 spiro atoms. The molecule has 3 aromatic rings. The van der Waals surface area contributed by atoms with Crippen LogP contribution in [0.1, 0.15) is 53.9 Å². The highest BCUT2D eigenvalue weighted by Crippen LogP contribution is 2.41. The second-order valence-electron chi connectivity index (χ2n) is 9.20. The fraction of sp³-hybridized carbons (Fsp3) is 0.259. The van der Waals surface area contributed by atoms with Gasteiger partial charge in [-0.05, 0) is 46.5 Å². The van der Waals surface area contributed by atoms with E-state index in [2.05, 4.69) is 20.8 Å². The Morgan fingerprint density at radius 1 is 1.03 bits per heavy atom. The zero-order chi connectivity index (χ0) is 23.0. The quantitative estimate of drug-likeness (QED) is 0.305. The number of Topliss-reactive ketones (excluding diaryl/α,β-unsaturated/α-hetero) is 1. The molecule has 1 fully saturated rings. The highest BCUT2D eigenvalue weighted by atomic mass is 32.1. The fourth-order valence-electron chi connectivity index (χ4n) is 4.08. The van der Waals surface area contributed by atoms with E-state index in [1.165, 1.54) is 11.3 Å². The van der Waals surface area contributed by atoms with Crippen LogP contribution < -0.4 is 0 Å². The molecule has 32 heavy (non-hydrogen) atoms. The number of hydrogen-bond acceptors (Lipinski definition) is 4. The number of carbonyl (C=O) groups is 2. The number of aliphatic hydroxyl groups is 1. The molecule has 0 aliphatic carbocycles. The topological polar surface area (TPSA) is 57.6 Å². The van der Waals surface area contributed by atoms with Crippen molar-refractivity contribution in [3.05, 3.63) is 98.7 Å². The van der Waals surface area contributed by atoms with Gasteiger partial charge < -0.3 is 10.0 Å². The molecule has 2 aromatic carbocycles. The molecule has 1 N–H and O–H groups in total. The van der Waals surface area contributed by atoms with Crippen LogP contribution in [0.15, 0.2) is 71.6 Å². The molecule has 0 radical (unpaired) electrons. The summed E-state index contributed by atoms with van der Waals surface area (Å²) in [5.41, 5.74) is 3.32. The van der Waals surface area contributed by atoms with Crippen molar-refractivity contribution >= 4 is 28.8 Å². The molecule has 1 atom stereocenters. The average molecular weight is 446 g/mol. The van der Waals surface area contributed by atoms with Gasteiger partial charge in [-0.25, -0.2) is 0 Å². The number of likely N-dealkylation sites (tertiary alicyclic amines) is 1. The summed E-state index contributed by atoms with van der Waals surface area (Å²) >= 11 is 1.54. The molecule has 164 valence electrons. The van der Waals surface area contributed by atoms with Crippen molar-refractivity contribution < 1.29 is 14.7 Å². The van der Waals surface area contributed by atoms with Gasteiger partial charge in [0.15, 0.2) is 0 Å². The normalized spacial score (nSPS) is 18.4. The maximum atomic E-state index is 13.2. The lowest BCUT2D eigenvalue weighted by atomic mass is 9.84. The van der Waals surface area contributed by atoms with E-state index in [1.54, 1.807) is 4.90 Å². The van der Waals surface area contributed by atoms with Gasteiger partial charge in [0.2, 0.25) is 0 Å². The molecule has 2 heterocycles. The van der Waals surface area contributed by atoms with E-state index in [9.17, 15) is 14.7 Å². The molecule has 4 nitrogen and oxygen atoms in total. The van der Waals surface area contributed by atoms with Crippen molar-refractivity contribution in [3.63, 3.8) is 0 Å². The highest BCUT2D eigenvalue weighted by Gasteiger charge is 2.46. The molecule has 1 aromatic heterocycles. The molecule has 1 aliphatic heterocycles. The first-order valence-electron chi connectivity index (χ1n) is 10.7. The second kappa shape index (κ2) is 8.40. The molecule has 1 saturated heterocycles. The smallest absolute Gasteiger partial charge is 0.295 e. The van der Waals surface area contributed by atoms with E-state index in [4.69, 9.17) is 0 Å². The Balaban J connectivity index is 1.90. The number of ketones is 1. The molecule has 1 amide bonds. The molecule has 0 bridgehead atoms. The first kappa shape index (κ1) is 22.0. The van der Waals surface area contributed by atoms with Gasteiger partial charge in [-0.3, -0.25) is 9.59 Å².